The molecule has 1 N–H and O–H groups in total. The van der Waals surface area contributed by atoms with Crippen LogP contribution in [0.1, 0.15) is 15.2 Å². The van der Waals surface area contributed by atoms with Gasteiger partial charge in [-0.3, -0.25) is 4.79 Å². The Hall–Kier alpha value is -3.05. The number of hydrogen-bond acceptors (Lipinski definition) is 6. The molecule has 0 radical (unpaired) electrons. The van der Waals surface area contributed by atoms with E-state index < -0.39 is 17.4 Å². The van der Waals surface area contributed by atoms with Crippen LogP contribution in [0.5, 0.6) is 5.75 Å². The van der Waals surface area contributed by atoms with Crippen molar-refractivity contribution in [2.24, 2.45) is 0 Å². The Morgan fingerprint density at radius 3 is 2.82 bits per heavy atom. The molecular weight excluding hydrogens is 418 g/mol. The fourth-order valence-corrected chi connectivity index (χ4v) is 3.29. The summed E-state index contributed by atoms with van der Waals surface area (Å²) in [4.78, 5) is 22.8. The van der Waals surface area contributed by atoms with E-state index in [-0.39, 0.29) is 23.1 Å². The molecule has 146 valence electrons. The van der Waals surface area contributed by atoms with Crippen LogP contribution >= 0.6 is 22.9 Å². The Morgan fingerprint density at radius 1 is 1.39 bits per heavy atom. The van der Waals surface area contributed by atoms with Crippen molar-refractivity contribution >= 4 is 40.4 Å². The van der Waals surface area contributed by atoms with Crippen LogP contribution in [0, 0.1) is 10.1 Å². The van der Waals surface area contributed by atoms with Gasteiger partial charge in [-0.15, -0.1) is 11.3 Å². The number of ether oxygens (including phenoxy) is 1. The molecule has 0 bridgehead atoms. The SMILES string of the molecule is O=C(Nc1ccc(OC(F)F)c(Cl)c1)c1cc(Cn2ccc([N+](=O)[O-])n2)cs1. The highest BCUT2D eigenvalue weighted by Gasteiger charge is 2.15. The molecule has 12 heteroatoms. The van der Waals surface area contributed by atoms with E-state index in [9.17, 15) is 23.7 Å². The summed E-state index contributed by atoms with van der Waals surface area (Å²) in [6.45, 7) is -2.73. The second kappa shape index (κ2) is 8.31. The molecule has 8 nitrogen and oxygen atoms in total. The third kappa shape index (κ3) is 4.81. The molecule has 2 heterocycles. The molecule has 3 rings (SSSR count). The van der Waals surface area contributed by atoms with E-state index in [1.54, 1.807) is 11.4 Å². The molecule has 0 saturated carbocycles. The van der Waals surface area contributed by atoms with Crippen molar-refractivity contribution in [1.29, 1.82) is 0 Å². The maximum Gasteiger partial charge on any atom is 0.389 e. The minimum absolute atomic E-state index is 0.0646. The smallest absolute Gasteiger partial charge is 0.389 e. The molecule has 0 saturated heterocycles. The minimum Gasteiger partial charge on any atom is -0.433 e. The summed E-state index contributed by atoms with van der Waals surface area (Å²) in [6.07, 6.45) is 1.47. The largest absolute Gasteiger partial charge is 0.433 e. The number of carbonyl (C=O) groups excluding carboxylic acids is 1. The predicted molar refractivity (Wildman–Crippen MR) is 98.3 cm³/mol. The van der Waals surface area contributed by atoms with Gasteiger partial charge in [0.15, 0.2) is 0 Å². The first-order valence-electron chi connectivity index (χ1n) is 7.63. The average molecular weight is 429 g/mol. The molecule has 28 heavy (non-hydrogen) atoms. The van der Waals surface area contributed by atoms with Crippen LogP contribution in [0.25, 0.3) is 0 Å². The summed E-state index contributed by atoms with van der Waals surface area (Å²) in [5, 5.41) is 18.7. The van der Waals surface area contributed by atoms with Gasteiger partial charge in [0, 0.05) is 5.69 Å². The van der Waals surface area contributed by atoms with Gasteiger partial charge in [-0.25, -0.2) is 0 Å². The van der Waals surface area contributed by atoms with Gasteiger partial charge < -0.3 is 20.2 Å². The first kappa shape index (κ1) is 19.7. The van der Waals surface area contributed by atoms with E-state index in [0.717, 1.165) is 5.56 Å². The van der Waals surface area contributed by atoms with Crippen LogP contribution in [-0.2, 0) is 6.54 Å². The standard InChI is InChI=1S/C16H11ClF2N4O4S/c17-11-6-10(1-2-12(11)27-16(18)19)20-15(24)13-5-9(8-28-13)7-22-4-3-14(21-22)23(25)26/h1-6,8,16H,7H2,(H,20,24). The summed E-state index contributed by atoms with van der Waals surface area (Å²) in [6, 6.07) is 6.83. The molecule has 0 aliphatic rings. The lowest BCUT2D eigenvalue weighted by atomic mass is 10.2. The lowest BCUT2D eigenvalue weighted by Gasteiger charge is -2.09. The molecule has 1 amide bonds. The number of nitrogens with one attached hydrogen (secondary N) is 1. The molecule has 0 fully saturated rings. The number of benzene rings is 1. The molecule has 2 aromatic heterocycles. The third-order valence-corrected chi connectivity index (χ3v) is 4.71. The lowest BCUT2D eigenvalue weighted by molar-refractivity contribution is -0.389. The van der Waals surface area contributed by atoms with Gasteiger partial charge >= 0.3 is 12.4 Å². The number of thiophene rings is 1. The van der Waals surface area contributed by atoms with Gasteiger partial charge in [-0.05, 0) is 40.1 Å². The van der Waals surface area contributed by atoms with Gasteiger partial charge in [0.25, 0.3) is 5.91 Å². The van der Waals surface area contributed by atoms with Crippen molar-refractivity contribution in [3.63, 3.8) is 0 Å². The first-order chi connectivity index (χ1) is 13.3. The Morgan fingerprint density at radius 2 is 2.18 bits per heavy atom. The molecule has 3 aromatic rings. The van der Waals surface area contributed by atoms with Gasteiger partial charge in [0.1, 0.15) is 5.75 Å². The van der Waals surface area contributed by atoms with Gasteiger partial charge in [-0.1, -0.05) is 11.6 Å². The van der Waals surface area contributed by atoms with Crippen molar-refractivity contribution in [1.82, 2.24) is 9.78 Å². The highest BCUT2D eigenvalue weighted by atomic mass is 35.5. The molecule has 0 atom stereocenters. The summed E-state index contributed by atoms with van der Waals surface area (Å²) < 4.78 is 30.1. The number of carbonyl (C=O) groups is 1. The monoisotopic (exact) mass is 428 g/mol. The average Bonchev–Trinajstić information content (AvgIpc) is 3.27. The normalized spacial score (nSPS) is 10.9. The Balaban J connectivity index is 1.65. The Kier molecular flexibility index (Phi) is 5.85. The zero-order valence-electron chi connectivity index (χ0n) is 13.8. The second-order valence-corrected chi connectivity index (χ2v) is 6.74. The number of halogens is 3. The van der Waals surface area contributed by atoms with Gasteiger partial charge in [0.05, 0.1) is 33.8 Å². The van der Waals surface area contributed by atoms with E-state index in [0.29, 0.717) is 10.6 Å². The topological polar surface area (TPSA) is 99.3 Å². The van der Waals surface area contributed by atoms with Gasteiger partial charge in [0.2, 0.25) is 0 Å². The Labute approximate surface area is 165 Å². The highest BCUT2D eigenvalue weighted by molar-refractivity contribution is 7.12. The van der Waals surface area contributed by atoms with Crippen molar-refractivity contribution in [3.05, 3.63) is 67.5 Å². The molecule has 0 aliphatic heterocycles. The summed E-state index contributed by atoms with van der Waals surface area (Å²) >= 11 is 7.04. The van der Waals surface area contributed by atoms with E-state index in [1.807, 2.05) is 0 Å². The maximum absolute atomic E-state index is 12.3. The number of anilines is 1. The van der Waals surface area contributed by atoms with Crippen LogP contribution in [0.15, 0.2) is 41.9 Å². The molecule has 0 aliphatic carbocycles. The molecule has 0 spiro atoms. The number of aromatic nitrogens is 2. The summed E-state index contributed by atoms with van der Waals surface area (Å²) in [5.41, 5.74) is 1.06. The van der Waals surface area contributed by atoms with E-state index in [1.165, 1.54) is 46.5 Å². The van der Waals surface area contributed by atoms with Crippen LogP contribution in [-0.4, -0.2) is 27.2 Å². The molecule has 1 aromatic carbocycles. The summed E-state index contributed by atoms with van der Waals surface area (Å²) in [7, 11) is 0. The minimum atomic E-state index is -3.00. The van der Waals surface area contributed by atoms with Crippen LogP contribution in [0.4, 0.5) is 20.3 Å². The van der Waals surface area contributed by atoms with E-state index in [2.05, 4.69) is 15.2 Å². The number of nitro groups is 1. The van der Waals surface area contributed by atoms with Crippen molar-refractivity contribution in [2.75, 3.05) is 5.32 Å². The number of amides is 1. The van der Waals surface area contributed by atoms with Crippen molar-refractivity contribution < 1.29 is 23.2 Å². The second-order valence-electron chi connectivity index (χ2n) is 5.43. The fraction of sp³-hybridized carbons (Fsp3) is 0.125. The predicted octanol–water partition coefficient (Wildman–Crippen LogP) is 4.41. The Bertz CT molecular complexity index is 1020. The quantitative estimate of drug-likeness (QED) is 0.444. The van der Waals surface area contributed by atoms with Gasteiger partial charge in [-0.2, -0.15) is 13.5 Å². The zero-order chi connectivity index (χ0) is 20.3. The van der Waals surface area contributed by atoms with E-state index in [4.69, 9.17) is 11.6 Å². The van der Waals surface area contributed by atoms with Crippen LogP contribution in [0.3, 0.4) is 0 Å². The number of nitrogens with zero attached hydrogens (tertiary/aromatic N) is 3. The maximum atomic E-state index is 12.3. The van der Waals surface area contributed by atoms with E-state index >= 15 is 0 Å². The van der Waals surface area contributed by atoms with Crippen LogP contribution in [0.2, 0.25) is 5.02 Å². The first-order valence-corrected chi connectivity index (χ1v) is 8.88. The third-order valence-electron chi connectivity index (χ3n) is 3.44. The number of hydrogen-bond donors (Lipinski definition) is 1. The number of rotatable bonds is 7. The van der Waals surface area contributed by atoms with Crippen molar-refractivity contribution in [2.45, 2.75) is 13.2 Å². The zero-order valence-corrected chi connectivity index (χ0v) is 15.4. The number of alkyl halides is 2. The summed E-state index contributed by atoms with van der Waals surface area (Å²) in [5.74, 6) is -0.868. The van der Waals surface area contributed by atoms with Crippen molar-refractivity contribution in [3.8, 4) is 5.75 Å². The molecular formula is C16H11ClF2N4O4S. The highest BCUT2D eigenvalue weighted by Crippen LogP contribution is 2.29. The molecule has 0 unspecified atom stereocenters. The van der Waals surface area contributed by atoms with Crippen LogP contribution < -0.4 is 10.1 Å². The fourth-order valence-electron chi connectivity index (χ4n) is 2.26. The lowest BCUT2D eigenvalue weighted by Crippen LogP contribution is -2.10.